The van der Waals surface area contributed by atoms with Gasteiger partial charge in [0.1, 0.15) is 17.5 Å². The predicted octanol–water partition coefficient (Wildman–Crippen LogP) is 0.636. The van der Waals surface area contributed by atoms with Crippen LogP contribution in [-0.2, 0) is 4.79 Å². The van der Waals surface area contributed by atoms with Crippen LogP contribution in [0.1, 0.15) is 25.3 Å². The van der Waals surface area contributed by atoms with E-state index in [-0.39, 0.29) is 23.3 Å². The van der Waals surface area contributed by atoms with Gasteiger partial charge < -0.3 is 21.1 Å². The number of nitrogens with zero attached hydrogens (tertiary/aromatic N) is 3. The first-order chi connectivity index (χ1) is 10.1. The molecule has 1 saturated heterocycles. The van der Waals surface area contributed by atoms with Crippen molar-refractivity contribution in [1.29, 1.82) is 5.26 Å². The molecule has 2 heterocycles. The van der Waals surface area contributed by atoms with Crippen molar-refractivity contribution in [3.8, 4) is 11.9 Å². The van der Waals surface area contributed by atoms with Crippen molar-refractivity contribution >= 4 is 17.4 Å². The molecule has 0 aromatic carbocycles. The first kappa shape index (κ1) is 14.9. The van der Waals surface area contributed by atoms with Crippen LogP contribution in [0.4, 0.5) is 11.5 Å². The third-order valence-electron chi connectivity index (χ3n) is 3.62. The SMILES string of the molecule is CCOc1nc(N2CCC(C(N)=O)CC2)cc(N)c1C#N. The molecule has 0 unspecified atom stereocenters. The quantitative estimate of drug-likeness (QED) is 0.839. The maximum absolute atomic E-state index is 11.2. The molecule has 1 aromatic heterocycles. The molecule has 0 spiro atoms. The van der Waals surface area contributed by atoms with E-state index in [1.807, 2.05) is 17.9 Å². The van der Waals surface area contributed by atoms with E-state index in [0.29, 0.717) is 44.0 Å². The molecule has 1 aliphatic rings. The van der Waals surface area contributed by atoms with E-state index in [1.54, 1.807) is 6.07 Å². The molecule has 7 heteroatoms. The van der Waals surface area contributed by atoms with Gasteiger partial charge in [-0.2, -0.15) is 10.2 Å². The fourth-order valence-corrected chi connectivity index (χ4v) is 2.44. The van der Waals surface area contributed by atoms with Gasteiger partial charge >= 0.3 is 0 Å². The Kier molecular flexibility index (Phi) is 4.48. The molecule has 0 aliphatic carbocycles. The van der Waals surface area contributed by atoms with Crippen molar-refractivity contribution < 1.29 is 9.53 Å². The van der Waals surface area contributed by atoms with Crippen molar-refractivity contribution in [3.05, 3.63) is 11.6 Å². The molecule has 0 atom stereocenters. The topological polar surface area (TPSA) is 118 Å². The lowest BCUT2D eigenvalue weighted by molar-refractivity contribution is -0.122. The van der Waals surface area contributed by atoms with Crippen LogP contribution in [0.5, 0.6) is 5.88 Å². The maximum Gasteiger partial charge on any atom is 0.235 e. The van der Waals surface area contributed by atoms with Gasteiger partial charge in [-0.1, -0.05) is 0 Å². The number of carbonyl (C=O) groups is 1. The number of nitrogens with two attached hydrogens (primary N) is 2. The Bertz CT molecular complexity index is 573. The molecule has 1 amide bonds. The largest absolute Gasteiger partial charge is 0.477 e. The Hall–Kier alpha value is -2.49. The summed E-state index contributed by atoms with van der Waals surface area (Å²) < 4.78 is 5.39. The zero-order valence-electron chi connectivity index (χ0n) is 12.0. The fraction of sp³-hybridized carbons (Fsp3) is 0.500. The maximum atomic E-state index is 11.2. The molecule has 1 aromatic rings. The fourth-order valence-electron chi connectivity index (χ4n) is 2.44. The molecule has 112 valence electrons. The second-order valence-corrected chi connectivity index (χ2v) is 4.96. The smallest absolute Gasteiger partial charge is 0.235 e. The highest BCUT2D eigenvalue weighted by Crippen LogP contribution is 2.29. The van der Waals surface area contributed by atoms with Gasteiger partial charge in [-0.15, -0.1) is 0 Å². The highest BCUT2D eigenvalue weighted by Gasteiger charge is 2.25. The first-order valence-electron chi connectivity index (χ1n) is 6.94. The summed E-state index contributed by atoms with van der Waals surface area (Å²) in [4.78, 5) is 17.6. The lowest BCUT2D eigenvalue weighted by Crippen LogP contribution is -2.39. The van der Waals surface area contributed by atoms with Crippen molar-refractivity contribution in [2.24, 2.45) is 11.7 Å². The van der Waals surface area contributed by atoms with Crippen LogP contribution >= 0.6 is 0 Å². The lowest BCUT2D eigenvalue weighted by atomic mass is 9.96. The number of rotatable bonds is 4. The van der Waals surface area contributed by atoms with E-state index in [4.69, 9.17) is 21.5 Å². The summed E-state index contributed by atoms with van der Waals surface area (Å²) in [6.45, 7) is 3.59. The summed E-state index contributed by atoms with van der Waals surface area (Å²) in [6.07, 6.45) is 1.39. The lowest BCUT2D eigenvalue weighted by Gasteiger charge is -2.31. The van der Waals surface area contributed by atoms with Gasteiger partial charge in [0.05, 0.1) is 12.3 Å². The zero-order valence-corrected chi connectivity index (χ0v) is 12.0. The van der Waals surface area contributed by atoms with Gasteiger partial charge in [0.2, 0.25) is 11.8 Å². The highest BCUT2D eigenvalue weighted by molar-refractivity contribution is 5.77. The number of hydrogen-bond donors (Lipinski definition) is 2. The van der Waals surface area contributed by atoms with Gasteiger partial charge in [0.15, 0.2) is 0 Å². The third kappa shape index (κ3) is 3.16. The summed E-state index contributed by atoms with van der Waals surface area (Å²) in [6, 6.07) is 3.68. The summed E-state index contributed by atoms with van der Waals surface area (Å²) in [7, 11) is 0. The van der Waals surface area contributed by atoms with Crippen LogP contribution < -0.4 is 21.1 Å². The van der Waals surface area contributed by atoms with E-state index in [1.165, 1.54) is 0 Å². The summed E-state index contributed by atoms with van der Waals surface area (Å²) >= 11 is 0. The minimum atomic E-state index is -0.253. The minimum Gasteiger partial charge on any atom is -0.477 e. The Morgan fingerprint density at radius 1 is 1.57 bits per heavy atom. The molecular formula is C14H19N5O2. The van der Waals surface area contributed by atoms with E-state index >= 15 is 0 Å². The number of piperidine rings is 1. The van der Waals surface area contributed by atoms with Crippen LogP contribution in [-0.4, -0.2) is 30.6 Å². The number of aromatic nitrogens is 1. The Balaban J connectivity index is 2.21. The number of ether oxygens (including phenoxy) is 1. The first-order valence-corrected chi connectivity index (χ1v) is 6.94. The third-order valence-corrected chi connectivity index (χ3v) is 3.62. The zero-order chi connectivity index (χ0) is 15.4. The Labute approximate surface area is 123 Å². The Morgan fingerprint density at radius 3 is 2.76 bits per heavy atom. The van der Waals surface area contributed by atoms with Crippen molar-refractivity contribution in [3.63, 3.8) is 0 Å². The van der Waals surface area contributed by atoms with E-state index < -0.39 is 0 Å². The van der Waals surface area contributed by atoms with Gasteiger partial charge in [-0.3, -0.25) is 4.79 Å². The van der Waals surface area contributed by atoms with E-state index in [9.17, 15) is 4.79 Å². The van der Waals surface area contributed by atoms with Crippen molar-refractivity contribution in [2.45, 2.75) is 19.8 Å². The predicted molar refractivity (Wildman–Crippen MR) is 78.7 cm³/mol. The summed E-state index contributed by atoms with van der Waals surface area (Å²) in [5, 5.41) is 9.11. The number of pyridine rings is 1. The number of primary amides is 1. The molecule has 7 nitrogen and oxygen atoms in total. The average Bonchev–Trinajstić information content (AvgIpc) is 2.47. The van der Waals surface area contributed by atoms with Crippen LogP contribution in [0.25, 0.3) is 0 Å². The number of nitrogen functional groups attached to an aromatic ring is 1. The number of amides is 1. The van der Waals surface area contributed by atoms with Gasteiger partial charge in [-0.25, -0.2) is 0 Å². The monoisotopic (exact) mass is 289 g/mol. The molecule has 2 rings (SSSR count). The number of anilines is 2. The molecule has 1 fully saturated rings. The van der Waals surface area contributed by atoms with Crippen LogP contribution in [0.3, 0.4) is 0 Å². The highest BCUT2D eigenvalue weighted by atomic mass is 16.5. The molecule has 0 saturated carbocycles. The van der Waals surface area contributed by atoms with Crippen LogP contribution in [0.15, 0.2) is 6.07 Å². The number of hydrogen-bond acceptors (Lipinski definition) is 6. The second kappa shape index (κ2) is 6.31. The molecular weight excluding hydrogens is 270 g/mol. The van der Waals surface area contributed by atoms with E-state index in [2.05, 4.69) is 4.98 Å². The van der Waals surface area contributed by atoms with Crippen LogP contribution in [0.2, 0.25) is 0 Å². The average molecular weight is 289 g/mol. The summed E-state index contributed by atoms with van der Waals surface area (Å²) in [5.74, 6) is 0.588. The van der Waals surface area contributed by atoms with Gasteiger partial charge in [0.25, 0.3) is 0 Å². The molecule has 21 heavy (non-hydrogen) atoms. The standard InChI is InChI=1S/C14H19N5O2/c1-2-21-14-10(8-15)11(16)7-12(18-14)19-5-3-9(4-6-19)13(17)20/h7,9H,2-6H2,1H3,(H2,16,18)(H2,17,20). The molecule has 0 radical (unpaired) electrons. The van der Waals surface area contributed by atoms with Gasteiger partial charge in [0, 0.05) is 25.1 Å². The molecule has 0 bridgehead atoms. The second-order valence-electron chi connectivity index (χ2n) is 4.96. The van der Waals surface area contributed by atoms with Gasteiger partial charge in [-0.05, 0) is 19.8 Å². The van der Waals surface area contributed by atoms with Crippen LogP contribution in [0, 0.1) is 17.2 Å². The number of carbonyl (C=O) groups excluding carboxylic acids is 1. The van der Waals surface area contributed by atoms with Crippen molar-refractivity contribution in [2.75, 3.05) is 30.3 Å². The normalized spacial score (nSPS) is 15.5. The minimum absolute atomic E-state index is 0.0802. The molecule has 4 N–H and O–H groups in total. The Morgan fingerprint density at radius 2 is 2.24 bits per heavy atom. The molecule has 1 aliphatic heterocycles. The summed E-state index contributed by atoms with van der Waals surface area (Å²) in [5.41, 5.74) is 11.8. The number of nitriles is 1. The van der Waals surface area contributed by atoms with E-state index in [0.717, 1.165) is 0 Å². The van der Waals surface area contributed by atoms with Crippen molar-refractivity contribution in [1.82, 2.24) is 4.98 Å².